The van der Waals surface area contributed by atoms with Crippen LogP contribution in [-0.2, 0) is 0 Å². The van der Waals surface area contributed by atoms with E-state index in [-0.39, 0.29) is 0 Å². The summed E-state index contributed by atoms with van der Waals surface area (Å²) in [6.45, 7) is 0. The molecule has 0 amide bonds. The van der Waals surface area contributed by atoms with Crippen molar-refractivity contribution in [2.45, 2.75) is 0 Å². The van der Waals surface area contributed by atoms with Crippen molar-refractivity contribution in [1.82, 2.24) is 9.78 Å². The van der Waals surface area contributed by atoms with E-state index in [1.54, 1.807) is 29.1 Å². The fraction of sp³-hybridized carbons (Fsp3) is 0. The molecule has 6 heteroatoms. The average Bonchev–Trinajstić information content (AvgIpc) is 2.59. The van der Waals surface area contributed by atoms with Gasteiger partial charge in [-0.25, -0.2) is 4.68 Å². The highest BCUT2D eigenvalue weighted by atomic mass is 79.9. The monoisotopic (exact) mass is 296 g/mol. The summed E-state index contributed by atoms with van der Waals surface area (Å²) in [5, 5.41) is 13.2. The maximum absolute atomic E-state index is 8.74. The van der Waals surface area contributed by atoms with Gasteiger partial charge in [0.2, 0.25) is 0 Å². The predicted octanol–water partition coefficient (Wildman–Crippen LogP) is 2.74. The molecule has 2 aromatic rings. The van der Waals surface area contributed by atoms with Gasteiger partial charge < -0.3 is 5.73 Å². The highest BCUT2D eigenvalue weighted by Crippen LogP contribution is 2.23. The molecule has 0 unspecified atom stereocenters. The first kappa shape index (κ1) is 11.0. The second-order valence-corrected chi connectivity index (χ2v) is 4.34. The van der Waals surface area contributed by atoms with Crippen molar-refractivity contribution in [1.29, 1.82) is 5.26 Å². The molecule has 0 saturated carbocycles. The van der Waals surface area contributed by atoms with Gasteiger partial charge in [-0.15, -0.1) is 5.10 Å². The van der Waals surface area contributed by atoms with E-state index < -0.39 is 0 Å². The molecule has 4 nitrogen and oxygen atoms in total. The van der Waals surface area contributed by atoms with Crippen molar-refractivity contribution in [2.24, 2.45) is 0 Å². The number of hydrogen-bond acceptors (Lipinski definition) is 3. The molecule has 2 N–H and O–H groups in total. The van der Waals surface area contributed by atoms with E-state index in [1.165, 1.54) is 0 Å². The Labute approximate surface area is 105 Å². The highest BCUT2D eigenvalue weighted by molar-refractivity contribution is 9.10. The molecule has 0 aliphatic rings. The lowest BCUT2D eigenvalue weighted by molar-refractivity contribution is 0.885. The first-order chi connectivity index (χ1) is 7.61. The van der Waals surface area contributed by atoms with Crippen molar-refractivity contribution in [3.63, 3.8) is 0 Å². The molecule has 0 fully saturated rings. The summed E-state index contributed by atoms with van der Waals surface area (Å²) >= 11 is 9.19. The summed E-state index contributed by atoms with van der Waals surface area (Å²) in [4.78, 5) is 0. The molecule has 16 heavy (non-hydrogen) atoms. The normalized spacial score (nSPS) is 10.1. The number of halogens is 2. The molecule has 80 valence electrons. The molecule has 0 saturated heterocycles. The minimum Gasteiger partial charge on any atom is -0.381 e. The number of hydrogen-bond donors (Lipinski definition) is 1. The lowest BCUT2D eigenvalue weighted by Gasteiger charge is -2.02. The maximum Gasteiger partial charge on any atom is 0.160 e. The lowest BCUT2D eigenvalue weighted by atomic mass is 10.2. The first-order valence-electron chi connectivity index (χ1n) is 4.32. The minimum atomic E-state index is 0.394. The van der Waals surface area contributed by atoms with Crippen LogP contribution in [0.4, 0.5) is 5.82 Å². The van der Waals surface area contributed by atoms with Gasteiger partial charge >= 0.3 is 0 Å². The Balaban J connectivity index is 2.50. The van der Waals surface area contributed by atoms with Gasteiger partial charge in [0.25, 0.3) is 0 Å². The third-order valence-corrected chi connectivity index (χ3v) is 2.96. The molecule has 0 atom stereocenters. The summed E-state index contributed by atoms with van der Waals surface area (Å²) in [7, 11) is 0. The summed E-state index contributed by atoms with van der Waals surface area (Å²) in [6, 6.07) is 7.06. The zero-order valence-electron chi connectivity index (χ0n) is 7.98. The minimum absolute atomic E-state index is 0.394. The van der Waals surface area contributed by atoms with Crippen molar-refractivity contribution < 1.29 is 0 Å². The smallest absolute Gasteiger partial charge is 0.160 e. The van der Waals surface area contributed by atoms with Gasteiger partial charge in [0.05, 0.1) is 20.7 Å². The quantitative estimate of drug-likeness (QED) is 0.880. The van der Waals surface area contributed by atoms with Gasteiger partial charge in [0.15, 0.2) is 5.82 Å². The Morgan fingerprint density at radius 1 is 1.50 bits per heavy atom. The third-order valence-electron chi connectivity index (χ3n) is 2.03. The van der Waals surface area contributed by atoms with E-state index in [0.29, 0.717) is 20.9 Å². The van der Waals surface area contributed by atoms with E-state index in [4.69, 9.17) is 22.6 Å². The number of rotatable bonds is 1. The van der Waals surface area contributed by atoms with Crippen LogP contribution >= 0.6 is 27.5 Å². The molecular formula is C10H6BrClN4. The average molecular weight is 298 g/mol. The van der Waals surface area contributed by atoms with Crippen LogP contribution in [0, 0.1) is 11.3 Å². The van der Waals surface area contributed by atoms with E-state index >= 15 is 0 Å². The van der Waals surface area contributed by atoms with Crippen LogP contribution < -0.4 is 5.73 Å². The number of nitrogens with zero attached hydrogens (tertiary/aromatic N) is 3. The van der Waals surface area contributed by atoms with Crippen molar-refractivity contribution in [2.75, 3.05) is 5.73 Å². The Morgan fingerprint density at radius 2 is 2.25 bits per heavy atom. The maximum atomic E-state index is 8.74. The molecule has 0 spiro atoms. The molecule has 1 heterocycles. The molecule has 0 aliphatic heterocycles. The standard InChI is InChI=1S/C10H6BrClN4/c11-8-5-16(15-10(8)14)7-2-1-6(4-13)9(12)3-7/h1-3,5H,(H2,14,15). The van der Waals surface area contributed by atoms with Crippen LogP contribution in [0.15, 0.2) is 28.9 Å². The number of nitrogen functional groups attached to an aromatic ring is 1. The first-order valence-corrected chi connectivity index (χ1v) is 5.49. The fourth-order valence-corrected chi connectivity index (χ4v) is 1.73. The van der Waals surface area contributed by atoms with Gasteiger partial charge in [-0.05, 0) is 34.1 Å². The Bertz CT molecular complexity index is 565. The zero-order valence-corrected chi connectivity index (χ0v) is 10.3. The van der Waals surface area contributed by atoms with Crippen molar-refractivity contribution >= 4 is 33.3 Å². The van der Waals surface area contributed by atoms with Gasteiger partial charge in [-0.1, -0.05) is 11.6 Å². The van der Waals surface area contributed by atoms with Crippen molar-refractivity contribution in [3.8, 4) is 11.8 Å². The predicted molar refractivity (Wildman–Crippen MR) is 65.4 cm³/mol. The topological polar surface area (TPSA) is 67.6 Å². The zero-order chi connectivity index (χ0) is 11.7. The molecule has 1 aromatic heterocycles. The third kappa shape index (κ3) is 1.90. The van der Waals surface area contributed by atoms with E-state index in [9.17, 15) is 0 Å². The number of nitrogens with two attached hydrogens (primary N) is 1. The Hall–Kier alpha value is -1.51. The summed E-state index contributed by atoms with van der Waals surface area (Å²) in [6.07, 6.45) is 1.73. The largest absolute Gasteiger partial charge is 0.381 e. The second-order valence-electron chi connectivity index (χ2n) is 3.08. The number of benzene rings is 1. The number of anilines is 1. The van der Waals surface area contributed by atoms with E-state index in [2.05, 4.69) is 21.0 Å². The molecule has 0 aliphatic carbocycles. The van der Waals surface area contributed by atoms with Crippen LogP contribution in [0.2, 0.25) is 5.02 Å². The van der Waals surface area contributed by atoms with Gasteiger partial charge in [-0.2, -0.15) is 5.26 Å². The van der Waals surface area contributed by atoms with Crippen LogP contribution in [0.25, 0.3) is 5.69 Å². The number of aromatic nitrogens is 2. The summed E-state index contributed by atoms with van der Waals surface area (Å²) in [5.41, 5.74) is 6.79. The fourth-order valence-electron chi connectivity index (χ4n) is 1.24. The molecule has 0 radical (unpaired) electrons. The lowest BCUT2D eigenvalue weighted by Crippen LogP contribution is -1.96. The number of nitriles is 1. The van der Waals surface area contributed by atoms with Gasteiger partial charge in [0.1, 0.15) is 6.07 Å². The van der Waals surface area contributed by atoms with Crippen LogP contribution in [0.3, 0.4) is 0 Å². The van der Waals surface area contributed by atoms with Crippen molar-refractivity contribution in [3.05, 3.63) is 39.5 Å². The molecular weight excluding hydrogens is 291 g/mol. The summed E-state index contributed by atoms with van der Waals surface area (Å²) in [5.74, 6) is 0.403. The van der Waals surface area contributed by atoms with Crippen LogP contribution in [0.5, 0.6) is 0 Å². The summed E-state index contributed by atoms with van der Waals surface area (Å²) < 4.78 is 2.31. The highest BCUT2D eigenvalue weighted by Gasteiger charge is 2.06. The molecule has 1 aromatic carbocycles. The molecule has 0 bridgehead atoms. The van der Waals surface area contributed by atoms with Crippen LogP contribution in [0.1, 0.15) is 5.56 Å². The van der Waals surface area contributed by atoms with Crippen LogP contribution in [-0.4, -0.2) is 9.78 Å². The SMILES string of the molecule is N#Cc1ccc(-n2cc(Br)c(N)n2)cc1Cl. The van der Waals surface area contributed by atoms with E-state index in [0.717, 1.165) is 5.69 Å². The Morgan fingerprint density at radius 3 is 2.75 bits per heavy atom. The van der Waals surface area contributed by atoms with Gasteiger partial charge in [0, 0.05) is 6.20 Å². The second kappa shape index (κ2) is 4.16. The van der Waals surface area contributed by atoms with Gasteiger partial charge in [-0.3, -0.25) is 0 Å². The molecule has 2 rings (SSSR count). The Kier molecular flexibility index (Phi) is 2.86. The van der Waals surface area contributed by atoms with E-state index in [1.807, 2.05) is 6.07 Å².